The normalized spacial score (nSPS) is 30.8. The Bertz CT molecular complexity index is 238. The number of nitrogens with two attached hydrogens (primary N) is 1. The molecular formula is C9H15N3O. The van der Waals surface area contributed by atoms with Crippen LogP contribution in [0.25, 0.3) is 0 Å². The van der Waals surface area contributed by atoms with Crippen LogP contribution in [-0.2, 0) is 4.79 Å². The predicted molar refractivity (Wildman–Crippen MR) is 48.5 cm³/mol. The standard InChI is InChI=1S/C9H15N3O/c1-6-7(2)9(6)12(4-3-10)8(13)5-11/h6-7,9H,4-5,11H2,1-2H3. The van der Waals surface area contributed by atoms with Crippen LogP contribution < -0.4 is 5.73 Å². The zero-order chi connectivity index (χ0) is 10.0. The van der Waals surface area contributed by atoms with Gasteiger partial charge in [0.1, 0.15) is 6.54 Å². The van der Waals surface area contributed by atoms with Crippen LogP contribution in [-0.4, -0.2) is 29.9 Å². The molecule has 1 amide bonds. The molecular weight excluding hydrogens is 166 g/mol. The summed E-state index contributed by atoms with van der Waals surface area (Å²) < 4.78 is 0. The molecule has 0 radical (unpaired) electrons. The summed E-state index contributed by atoms with van der Waals surface area (Å²) >= 11 is 0. The first-order valence-corrected chi connectivity index (χ1v) is 4.50. The van der Waals surface area contributed by atoms with Crippen molar-refractivity contribution < 1.29 is 4.79 Å². The average molecular weight is 181 g/mol. The number of rotatable bonds is 3. The Morgan fingerprint density at radius 3 is 2.38 bits per heavy atom. The average Bonchev–Trinajstić information content (AvgIpc) is 2.70. The van der Waals surface area contributed by atoms with Crippen molar-refractivity contribution in [1.29, 1.82) is 5.26 Å². The summed E-state index contributed by atoms with van der Waals surface area (Å²) in [7, 11) is 0. The molecule has 2 unspecified atom stereocenters. The molecule has 0 aliphatic heterocycles. The van der Waals surface area contributed by atoms with Crippen LogP contribution in [0.3, 0.4) is 0 Å². The highest BCUT2D eigenvalue weighted by Crippen LogP contribution is 2.42. The van der Waals surface area contributed by atoms with Crippen LogP contribution in [0.2, 0.25) is 0 Å². The van der Waals surface area contributed by atoms with Gasteiger partial charge in [-0.05, 0) is 11.8 Å². The first kappa shape index (κ1) is 10.0. The van der Waals surface area contributed by atoms with Gasteiger partial charge in [-0.3, -0.25) is 4.79 Å². The van der Waals surface area contributed by atoms with E-state index in [0.717, 1.165) is 0 Å². The number of amides is 1. The lowest BCUT2D eigenvalue weighted by Crippen LogP contribution is -2.39. The first-order valence-electron chi connectivity index (χ1n) is 4.50. The minimum atomic E-state index is -0.122. The molecule has 72 valence electrons. The fraction of sp³-hybridized carbons (Fsp3) is 0.778. The Kier molecular flexibility index (Phi) is 2.89. The maximum absolute atomic E-state index is 11.3. The minimum absolute atomic E-state index is 0.00236. The molecule has 2 atom stereocenters. The molecule has 0 heterocycles. The summed E-state index contributed by atoms with van der Waals surface area (Å²) in [6, 6.07) is 2.23. The highest BCUT2D eigenvalue weighted by atomic mass is 16.2. The second-order valence-corrected chi connectivity index (χ2v) is 3.59. The summed E-state index contributed by atoms with van der Waals surface area (Å²) in [6.45, 7) is 4.33. The van der Waals surface area contributed by atoms with E-state index in [0.29, 0.717) is 11.8 Å². The van der Waals surface area contributed by atoms with Crippen LogP contribution in [0.1, 0.15) is 13.8 Å². The third-order valence-corrected chi connectivity index (χ3v) is 2.86. The van der Waals surface area contributed by atoms with E-state index in [2.05, 4.69) is 13.8 Å². The van der Waals surface area contributed by atoms with Crippen molar-refractivity contribution in [3.05, 3.63) is 0 Å². The highest BCUT2D eigenvalue weighted by molar-refractivity contribution is 5.79. The molecule has 1 saturated carbocycles. The van der Waals surface area contributed by atoms with Gasteiger partial charge in [0.05, 0.1) is 12.6 Å². The molecule has 0 aromatic rings. The van der Waals surface area contributed by atoms with Crippen molar-refractivity contribution >= 4 is 5.91 Å². The molecule has 13 heavy (non-hydrogen) atoms. The molecule has 1 aliphatic rings. The van der Waals surface area contributed by atoms with Crippen molar-refractivity contribution in [3.8, 4) is 6.07 Å². The molecule has 0 spiro atoms. The number of nitriles is 1. The van der Waals surface area contributed by atoms with Gasteiger partial charge < -0.3 is 10.6 Å². The number of carbonyl (C=O) groups excluding carboxylic acids is 1. The zero-order valence-corrected chi connectivity index (χ0v) is 8.03. The Balaban J connectivity index is 2.60. The lowest BCUT2D eigenvalue weighted by atomic mass is 10.4. The Hall–Kier alpha value is -1.08. The summed E-state index contributed by atoms with van der Waals surface area (Å²) in [5.74, 6) is 0.885. The van der Waals surface area contributed by atoms with E-state index in [1.54, 1.807) is 4.90 Å². The van der Waals surface area contributed by atoms with Crippen LogP contribution >= 0.6 is 0 Å². The second-order valence-electron chi connectivity index (χ2n) is 3.59. The van der Waals surface area contributed by atoms with Crippen LogP contribution in [0.5, 0.6) is 0 Å². The Morgan fingerprint density at radius 1 is 1.54 bits per heavy atom. The van der Waals surface area contributed by atoms with Gasteiger partial charge in [-0.25, -0.2) is 0 Å². The molecule has 0 saturated heterocycles. The smallest absolute Gasteiger partial charge is 0.237 e. The minimum Gasteiger partial charge on any atom is -0.325 e. The third kappa shape index (κ3) is 1.81. The molecule has 4 nitrogen and oxygen atoms in total. The molecule has 4 heteroatoms. The van der Waals surface area contributed by atoms with Crippen molar-refractivity contribution in [3.63, 3.8) is 0 Å². The molecule has 1 aliphatic carbocycles. The van der Waals surface area contributed by atoms with E-state index in [4.69, 9.17) is 11.0 Å². The Labute approximate surface area is 78.3 Å². The monoisotopic (exact) mass is 181 g/mol. The lowest BCUT2D eigenvalue weighted by molar-refractivity contribution is -0.129. The van der Waals surface area contributed by atoms with Crippen LogP contribution in [0.15, 0.2) is 0 Å². The van der Waals surface area contributed by atoms with Gasteiger partial charge in [-0.15, -0.1) is 0 Å². The number of carbonyl (C=O) groups is 1. The van der Waals surface area contributed by atoms with Crippen molar-refractivity contribution in [2.45, 2.75) is 19.9 Å². The van der Waals surface area contributed by atoms with Gasteiger partial charge in [0.25, 0.3) is 0 Å². The van der Waals surface area contributed by atoms with E-state index in [1.165, 1.54) is 0 Å². The van der Waals surface area contributed by atoms with Gasteiger partial charge in [0.2, 0.25) is 5.91 Å². The topological polar surface area (TPSA) is 70.1 Å². The first-order chi connectivity index (χ1) is 6.13. The molecule has 0 aromatic carbocycles. The van der Waals surface area contributed by atoms with Crippen molar-refractivity contribution in [1.82, 2.24) is 4.90 Å². The molecule has 1 fully saturated rings. The Morgan fingerprint density at radius 2 is 2.08 bits per heavy atom. The van der Waals surface area contributed by atoms with E-state index >= 15 is 0 Å². The lowest BCUT2D eigenvalue weighted by Gasteiger charge is -2.18. The molecule has 0 bridgehead atoms. The van der Waals surface area contributed by atoms with Crippen molar-refractivity contribution in [2.24, 2.45) is 17.6 Å². The molecule has 2 N–H and O–H groups in total. The largest absolute Gasteiger partial charge is 0.325 e. The van der Waals surface area contributed by atoms with Gasteiger partial charge >= 0.3 is 0 Å². The SMILES string of the molecule is CC1C(C)C1N(CC#N)C(=O)CN. The zero-order valence-electron chi connectivity index (χ0n) is 8.03. The van der Waals surface area contributed by atoms with E-state index in [9.17, 15) is 4.79 Å². The van der Waals surface area contributed by atoms with Gasteiger partial charge in [0, 0.05) is 6.04 Å². The van der Waals surface area contributed by atoms with Crippen LogP contribution in [0.4, 0.5) is 0 Å². The van der Waals surface area contributed by atoms with Crippen LogP contribution in [0, 0.1) is 23.2 Å². The quantitative estimate of drug-likeness (QED) is 0.621. The van der Waals surface area contributed by atoms with E-state index in [1.807, 2.05) is 6.07 Å². The fourth-order valence-corrected chi connectivity index (χ4v) is 1.76. The second kappa shape index (κ2) is 3.75. The summed E-state index contributed by atoms with van der Waals surface area (Å²) in [5.41, 5.74) is 5.26. The van der Waals surface area contributed by atoms with Crippen molar-refractivity contribution in [2.75, 3.05) is 13.1 Å². The van der Waals surface area contributed by atoms with E-state index in [-0.39, 0.29) is 25.0 Å². The van der Waals surface area contributed by atoms with Gasteiger partial charge in [0.15, 0.2) is 0 Å². The summed E-state index contributed by atoms with van der Waals surface area (Å²) in [5, 5.41) is 8.55. The predicted octanol–water partition coefficient (Wildman–Crippen LogP) is -0.0483. The van der Waals surface area contributed by atoms with E-state index < -0.39 is 0 Å². The fourth-order valence-electron chi connectivity index (χ4n) is 1.76. The summed E-state index contributed by atoms with van der Waals surface area (Å²) in [4.78, 5) is 12.9. The number of nitrogens with zero attached hydrogens (tertiary/aromatic N) is 2. The molecule has 1 rings (SSSR count). The highest BCUT2D eigenvalue weighted by Gasteiger charge is 2.48. The maximum atomic E-state index is 11.3. The number of hydrogen-bond acceptors (Lipinski definition) is 3. The summed E-state index contributed by atoms with van der Waals surface area (Å²) in [6.07, 6.45) is 0. The maximum Gasteiger partial charge on any atom is 0.237 e. The number of hydrogen-bond donors (Lipinski definition) is 1. The third-order valence-electron chi connectivity index (χ3n) is 2.86. The van der Waals surface area contributed by atoms with Gasteiger partial charge in [-0.2, -0.15) is 5.26 Å². The molecule has 0 aromatic heterocycles. The van der Waals surface area contributed by atoms with Gasteiger partial charge in [-0.1, -0.05) is 13.8 Å².